The monoisotopic (exact) mass is 261 g/mol. The van der Waals surface area contributed by atoms with Crippen LogP contribution in [0.15, 0.2) is 34.7 Å². The molecule has 4 nitrogen and oxygen atoms in total. The molecule has 1 aliphatic rings. The number of nitrogens with zero attached hydrogens (tertiary/aromatic N) is 2. The Morgan fingerprint density at radius 3 is 3.06 bits per heavy atom. The maximum absolute atomic E-state index is 12.2. The van der Waals surface area contributed by atoms with Crippen molar-refractivity contribution >= 4 is 17.2 Å². The van der Waals surface area contributed by atoms with E-state index in [0.717, 1.165) is 12.8 Å². The zero-order valence-corrected chi connectivity index (χ0v) is 11.0. The summed E-state index contributed by atoms with van der Waals surface area (Å²) in [4.78, 5) is 17.6. The lowest BCUT2D eigenvalue weighted by Crippen LogP contribution is -2.24. The molecule has 0 aromatic carbocycles. The van der Waals surface area contributed by atoms with Crippen molar-refractivity contribution < 1.29 is 0 Å². The van der Waals surface area contributed by atoms with Crippen molar-refractivity contribution in [3.63, 3.8) is 0 Å². The maximum atomic E-state index is 12.2. The molecule has 0 spiro atoms. The molecular weight excluding hydrogens is 246 g/mol. The lowest BCUT2D eigenvalue weighted by molar-refractivity contribution is 0.696. The van der Waals surface area contributed by atoms with Gasteiger partial charge in [-0.25, -0.2) is 4.98 Å². The van der Waals surface area contributed by atoms with Gasteiger partial charge < -0.3 is 9.88 Å². The Morgan fingerprint density at radius 1 is 1.56 bits per heavy atom. The first kappa shape index (κ1) is 11.5. The van der Waals surface area contributed by atoms with Crippen LogP contribution in [0.5, 0.6) is 0 Å². The van der Waals surface area contributed by atoms with Crippen LogP contribution in [0, 0.1) is 0 Å². The largest absolute Gasteiger partial charge is 0.358 e. The normalized spacial score (nSPS) is 16.5. The Bertz CT molecular complexity index is 587. The summed E-state index contributed by atoms with van der Waals surface area (Å²) in [6, 6.07) is 4.57. The van der Waals surface area contributed by atoms with Crippen molar-refractivity contribution in [3.05, 3.63) is 45.1 Å². The van der Waals surface area contributed by atoms with Crippen LogP contribution in [0.25, 0.3) is 0 Å². The first-order valence-corrected chi connectivity index (χ1v) is 7.01. The number of hydrogen-bond donors (Lipinski definition) is 1. The van der Waals surface area contributed by atoms with Crippen LogP contribution < -0.4 is 10.9 Å². The highest BCUT2D eigenvalue weighted by Crippen LogP contribution is 2.33. The van der Waals surface area contributed by atoms with Crippen LogP contribution in [0.2, 0.25) is 0 Å². The second-order valence-corrected chi connectivity index (χ2v) is 5.58. The van der Waals surface area contributed by atoms with Crippen LogP contribution in [0.3, 0.4) is 0 Å². The van der Waals surface area contributed by atoms with E-state index in [-0.39, 0.29) is 11.6 Å². The van der Waals surface area contributed by atoms with Gasteiger partial charge in [-0.1, -0.05) is 6.07 Å². The van der Waals surface area contributed by atoms with Gasteiger partial charge in [0, 0.05) is 23.3 Å². The number of nitrogens with one attached hydrogen (secondary N) is 1. The second kappa shape index (κ2) is 4.57. The molecule has 1 atom stereocenters. The van der Waals surface area contributed by atoms with Gasteiger partial charge in [0.1, 0.15) is 0 Å². The average Bonchev–Trinajstić information content (AvgIpc) is 3.05. The van der Waals surface area contributed by atoms with Crippen LogP contribution in [0.4, 0.5) is 5.82 Å². The average molecular weight is 261 g/mol. The summed E-state index contributed by atoms with van der Waals surface area (Å²) in [5.41, 5.74) is -0.0107. The highest BCUT2D eigenvalue weighted by Gasteiger charge is 2.25. The van der Waals surface area contributed by atoms with Gasteiger partial charge in [-0.05, 0) is 31.2 Å². The fraction of sp³-hybridized carbons (Fsp3) is 0.385. The summed E-state index contributed by atoms with van der Waals surface area (Å²) in [6.45, 7) is 2.04. The fourth-order valence-corrected chi connectivity index (χ4v) is 2.71. The molecule has 0 bridgehead atoms. The van der Waals surface area contributed by atoms with E-state index in [1.165, 1.54) is 4.88 Å². The predicted molar refractivity (Wildman–Crippen MR) is 73.1 cm³/mol. The minimum atomic E-state index is -0.0107. The molecule has 5 heteroatoms. The number of anilines is 1. The second-order valence-electron chi connectivity index (χ2n) is 4.60. The highest BCUT2D eigenvalue weighted by atomic mass is 32.1. The Labute approximate surface area is 109 Å². The molecule has 1 unspecified atom stereocenters. The molecule has 2 aromatic heterocycles. The van der Waals surface area contributed by atoms with E-state index in [2.05, 4.69) is 16.4 Å². The Kier molecular flexibility index (Phi) is 2.91. The molecule has 0 radical (unpaired) electrons. The molecule has 0 amide bonds. The third-order valence-corrected chi connectivity index (χ3v) is 4.19. The lowest BCUT2D eigenvalue weighted by Gasteiger charge is -2.13. The van der Waals surface area contributed by atoms with Gasteiger partial charge >= 0.3 is 0 Å². The van der Waals surface area contributed by atoms with Crippen molar-refractivity contribution in [1.82, 2.24) is 9.55 Å². The van der Waals surface area contributed by atoms with Gasteiger partial charge in [0.2, 0.25) is 0 Å². The van der Waals surface area contributed by atoms with Crippen molar-refractivity contribution in [2.75, 3.05) is 5.32 Å². The number of thiophene rings is 1. The predicted octanol–water partition coefficient (Wildman–Crippen LogP) is 2.81. The van der Waals surface area contributed by atoms with Gasteiger partial charge in [0.25, 0.3) is 5.56 Å². The van der Waals surface area contributed by atoms with Crippen LogP contribution in [-0.4, -0.2) is 9.55 Å². The van der Waals surface area contributed by atoms with Gasteiger partial charge in [-0.2, -0.15) is 0 Å². The van der Waals surface area contributed by atoms with Crippen LogP contribution in [0.1, 0.15) is 36.7 Å². The summed E-state index contributed by atoms with van der Waals surface area (Å²) >= 11 is 1.68. The molecule has 2 heterocycles. The van der Waals surface area contributed by atoms with Crippen molar-refractivity contribution in [3.8, 4) is 0 Å². The minimum Gasteiger partial charge on any atom is -0.358 e. The summed E-state index contributed by atoms with van der Waals surface area (Å²) in [5.74, 6) is 0.449. The quantitative estimate of drug-likeness (QED) is 0.920. The van der Waals surface area contributed by atoms with Gasteiger partial charge in [-0.15, -0.1) is 11.3 Å². The minimum absolute atomic E-state index is 0.0107. The van der Waals surface area contributed by atoms with Gasteiger partial charge in [-0.3, -0.25) is 4.79 Å². The van der Waals surface area contributed by atoms with E-state index in [4.69, 9.17) is 0 Å². The van der Waals surface area contributed by atoms with E-state index in [0.29, 0.717) is 11.9 Å². The van der Waals surface area contributed by atoms with E-state index in [9.17, 15) is 4.79 Å². The smallest absolute Gasteiger partial charge is 0.293 e. The fourth-order valence-electron chi connectivity index (χ4n) is 1.98. The Hall–Kier alpha value is -1.62. The third kappa shape index (κ3) is 2.18. The van der Waals surface area contributed by atoms with Gasteiger partial charge in [0.05, 0.1) is 6.04 Å². The Morgan fingerprint density at radius 2 is 2.39 bits per heavy atom. The van der Waals surface area contributed by atoms with E-state index in [1.54, 1.807) is 28.3 Å². The Balaban J connectivity index is 1.84. The number of rotatable bonds is 4. The molecule has 18 heavy (non-hydrogen) atoms. The van der Waals surface area contributed by atoms with E-state index in [1.807, 2.05) is 18.4 Å². The molecule has 0 saturated heterocycles. The standard InChI is InChI=1S/C13H15N3OS/c1-9(11-3-2-8-18-11)15-12-13(17)16(7-6-14-12)10-4-5-10/h2-3,6-10H,4-5H2,1H3,(H,14,15). The summed E-state index contributed by atoms with van der Waals surface area (Å²) in [5, 5.41) is 5.24. The van der Waals surface area contributed by atoms with Crippen LogP contribution in [-0.2, 0) is 0 Å². The first-order valence-electron chi connectivity index (χ1n) is 6.13. The van der Waals surface area contributed by atoms with Crippen molar-refractivity contribution in [2.24, 2.45) is 0 Å². The zero-order chi connectivity index (χ0) is 12.5. The molecule has 3 rings (SSSR count). The summed E-state index contributed by atoms with van der Waals surface area (Å²) in [7, 11) is 0. The molecule has 1 fully saturated rings. The molecule has 1 aliphatic carbocycles. The van der Waals surface area contributed by atoms with E-state index >= 15 is 0 Å². The lowest BCUT2D eigenvalue weighted by atomic mass is 10.3. The van der Waals surface area contributed by atoms with E-state index < -0.39 is 0 Å². The number of hydrogen-bond acceptors (Lipinski definition) is 4. The molecule has 0 aliphatic heterocycles. The molecule has 1 N–H and O–H groups in total. The molecular formula is C13H15N3OS. The van der Waals surface area contributed by atoms with Crippen molar-refractivity contribution in [2.45, 2.75) is 31.8 Å². The number of aromatic nitrogens is 2. The zero-order valence-electron chi connectivity index (χ0n) is 10.2. The summed E-state index contributed by atoms with van der Waals surface area (Å²) < 4.78 is 1.79. The SMILES string of the molecule is CC(Nc1nccn(C2CC2)c1=O)c1cccs1. The van der Waals surface area contributed by atoms with Gasteiger partial charge in [0.15, 0.2) is 5.82 Å². The topological polar surface area (TPSA) is 46.9 Å². The molecule has 94 valence electrons. The maximum Gasteiger partial charge on any atom is 0.293 e. The molecule has 1 saturated carbocycles. The molecule has 2 aromatic rings. The highest BCUT2D eigenvalue weighted by molar-refractivity contribution is 7.10. The van der Waals surface area contributed by atoms with Crippen LogP contribution >= 0.6 is 11.3 Å². The first-order chi connectivity index (χ1) is 8.75. The van der Waals surface area contributed by atoms with Crippen molar-refractivity contribution in [1.29, 1.82) is 0 Å². The third-order valence-electron chi connectivity index (χ3n) is 3.13. The summed E-state index contributed by atoms with van der Waals surface area (Å²) in [6.07, 6.45) is 5.68.